The molecule has 9 nitrogen and oxygen atoms in total. The third kappa shape index (κ3) is 6.22. The van der Waals surface area contributed by atoms with Crippen molar-refractivity contribution in [1.29, 1.82) is 0 Å². The number of pyridine rings is 1. The van der Waals surface area contributed by atoms with E-state index in [-0.39, 0.29) is 6.10 Å². The van der Waals surface area contributed by atoms with Gasteiger partial charge >= 0.3 is 5.97 Å². The number of nitrogens with one attached hydrogen (secondary N) is 1. The van der Waals surface area contributed by atoms with Crippen LogP contribution in [0.1, 0.15) is 25.3 Å². The van der Waals surface area contributed by atoms with Crippen LogP contribution in [-0.4, -0.2) is 51.8 Å². The van der Waals surface area contributed by atoms with E-state index < -0.39 is 5.97 Å². The quantitative estimate of drug-likeness (QED) is 0.454. The molecular weight excluding hydrogens is 434 g/mol. The predicted octanol–water partition coefficient (Wildman–Crippen LogP) is 4.16. The number of anilines is 3. The molecule has 1 aliphatic rings. The van der Waals surface area contributed by atoms with Crippen molar-refractivity contribution in [3.05, 3.63) is 66.6 Å². The van der Waals surface area contributed by atoms with E-state index >= 15 is 0 Å². The fourth-order valence-corrected chi connectivity index (χ4v) is 3.69. The molecule has 0 spiro atoms. The molecule has 1 unspecified atom stereocenters. The Morgan fingerprint density at radius 2 is 2.03 bits per heavy atom. The number of piperidine rings is 1. The second-order valence-corrected chi connectivity index (χ2v) is 7.74. The lowest BCUT2D eigenvalue weighted by Gasteiger charge is -2.33. The maximum Gasteiger partial charge on any atom is 0.328 e. The molecule has 9 heteroatoms. The van der Waals surface area contributed by atoms with Gasteiger partial charge in [0.2, 0.25) is 0 Å². The molecule has 0 bridgehead atoms. The predicted molar refractivity (Wildman–Crippen MR) is 130 cm³/mol. The Bertz CT molecular complexity index is 1140. The van der Waals surface area contributed by atoms with Gasteiger partial charge in [0.05, 0.1) is 25.5 Å². The molecule has 176 valence electrons. The van der Waals surface area contributed by atoms with Gasteiger partial charge in [-0.1, -0.05) is 12.1 Å². The summed E-state index contributed by atoms with van der Waals surface area (Å²) in [6.45, 7) is 4.11. The molecule has 1 aliphatic heterocycles. The minimum absolute atomic E-state index is 0.0156. The van der Waals surface area contributed by atoms with Gasteiger partial charge in [0, 0.05) is 18.8 Å². The maximum absolute atomic E-state index is 10.6. The van der Waals surface area contributed by atoms with E-state index in [0.717, 1.165) is 42.8 Å². The van der Waals surface area contributed by atoms with E-state index in [1.165, 1.54) is 6.08 Å². The number of hydrogen-bond acceptors (Lipinski definition) is 8. The third-order valence-electron chi connectivity index (χ3n) is 5.23. The summed E-state index contributed by atoms with van der Waals surface area (Å²) in [6.07, 6.45) is 9.48. The number of benzene rings is 1. The van der Waals surface area contributed by atoms with Crippen LogP contribution >= 0.6 is 0 Å². The summed E-state index contributed by atoms with van der Waals surface area (Å²) in [5, 5.41) is 11.9. The van der Waals surface area contributed by atoms with E-state index in [9.17, 15) is 4.79 Å². The molecule has 1 aromatic carbocycles. The van der Waals surface area contributed by atoms with Gasteiger partial charge < -0.3 is 24.8 Å². The van der Waals surface area contributed by atoms with Crippen molar-refractivity contribution in [3.63, 3.8) is 0 Å². The van der Waals surface area contributed by atoms with E-state index in [1.807, 2.05) is 31.2 Å². The number of rotatable bonds is 9. The molecule has 4 rings (SSSR count). The van der Waals surface area contributed by atoms with Crippen molar-refractivity contribution in [2.75, 3.05) is 29.9 Å². The standard InChI is InChI=1S/C25H27N5O4/c1-2-33-20-7-3-4-8-21(20)34-19-6-5-13-30(17-19)24-16-26-15-23(29-24)28-22-11-9-18(14-27-22)10-12-25(31)32/h3-4,7-12,14-16,19H,2,5-6,13,17H2,1H3,(H,31,32)(H,27,28,29)/b12-10+. The normalized spacial score (nSPS) is 15.8. The molecule has 1 atom stereocenters. The van der Waals surface area contributed by atoms with E-state index in [2.05, 4.69) is 20.2 Å². The number of nitrogens with zero attached hydrogens (tertiary/aromatic N) is 4. The third-order valence-corrected chi connectivity index (χ3v) is 5.23. The van der Waals surface area contributed by atoms with Crippen LogP contribution in [0.4, 0.5) is 17.5 Å². The van der Waals surface area contributed by atoms with Gasteiger partial charge in [-0.25, -0.2) is 14.8 Å². The first-order valence-electron chi connectivity index (χ1n) is 11.2. The Labute approximate surface area is 198 Å². The van der Waals surface area contributed by atoms with Crippen LogP contribution in [0.15, 0.2) is 61.1 Å². The number of aliphatic carboxylic acids is 1. The highest BCUT2D eigenvalue weighted by Crippen LogP contribution is 2.30. The molecule has 1 saturated heterocycles. The Hall–Kier alpha value is -4.14. The smallest absolute Gasteiger partial charge is 0.328 e. The van der Waals surface area contributed by atoms with Crippen LogP contribution in [0, 0.1) is 0 Å². The molecule has 0 amide bonds. The molecule has 2 aromatic heterocycles. The monoisotopic (exact) mass is 461 g/mol. The zero-order chi connectivity index (χ0) is 23.8. The second kappa shape index (κ2) is 11.1. The Kier molecular flexibility index (Phi) is 7.54. The molecule has 3 heterocycles. The zero-order valence-electron chi connectivity index (χ0n) is 18.9. The highest BCUT2D eigenvalue weighted by atomic mass is 16.5. The van der Waals surface area contributed by atoms with Gasteiger partial charge in [-0.15, -0.1) is 0 Å². The highest BCUT2D eigenvalue weighted by Gasteiger charge is 2.24. The summed E-state index contributed by atoms with van der Waals surface area (Å²) in [4.78, 5) is 26.2. The Morgan fingerprint density at radius 1 is 1.18 bits per heavy atom. The first-order valence-corrected chi connectivity index (χ1v) is 11.2. The number of para-hydroxylation sites is 2. The molecule has 0 aliphatic carbocycles. The van der Waals surface area contributed by atoms with Crippen LogP contribution in [0.2, 0.25) is 0 Å². The Morgan fingerprint density at radius 3 is 2.79 bits per heavy atom. The molecule has 2 N–H and O–H groups in total. The lowest BCUT2D eigenvalue weighted by Crippen LogP contribution is -2.41. The first kappa shape index (κ1) is 23.0. The van der Waals surface area contributed by atoms with Crippen molar-refractivity contribution in [2.24, 2.45) is 0 Å². The average molecular weight is 462 g/mol. The zero-order valence-corrected chi connectivity index (χ0v) is 18.9. The molecule has 3 aromatic rings. The number of carbonyl (C=O) groups is 1. The minimum Gasteiger partial charge on any atom is -0.490 e. The van der Waals surface area contributed by atoms with Crippen LogP contribution in [0.5, 0.6) is 11.5 Å². The fourth-order valence-electron chi connectivity index (χ4n) is 3.69. The van der Waals surface area contributed by atoms with Gasteiger partial charge in [-0.05, 0) is 55.7 Å². The van der Waals surface area contributed by atoms with Crippen molar-refractivity contribution < 1.29 is 19.4 Å². The van der Waals surface area contributed by atoms with E-state index in [0.29, 0.717) is 30.4 Å². The molecule has 0 radical (unpaired) electrons. The van der Waals surface area contributed by atoms with E-state index in [1.54, 1.807) is 30.7 Å². The number of aromatic nitrogens is 3. The Balaban J connectivity index is 1.40. The van der Waals surface area contributed by atoms with Crippen molar-refractivity contribution in [3.8, 4) is 11.5 Å². The van der Waals surface area contributed by atoms with Gasteiger partial charge in [0.25, 0.3) is 0 Å². The topological polar surface area (TPSA) is 110 Å². The lowest BCUT2D eigenvalue weighted by atomic mass is 10.1. The minimum atomic E-state index is -1.00. The highest BCUT2D eigenvalue weighted by molar-refractivity contribution is 5.85. The summed E-state index contributed by atoms with van der Waals surface area (Å²) in [7, 11) is 0. The maximum atomic E-state index is 10.6. The van der Waals surface area contributed by atoms with E-state index in [4.69, 9.17) is 19.6 Å². The van der Waals surface area contributed by atoms with Gasteiger partial charge in [-0.2, -0.15) is 0 Å². The van der Waals surface area contributed by atoms with Crippen LogP contribution in [0.25, 0.3) is 6.08 Å². The number of carboxylic acid groups (broad SMARTS) is 1. The van der Waals surface area contributed by atoms with Gasteiger partial charge in [-0.3, -0.25) is 4.98 Å². The van der Waals surface area contributed by atoms with Crippen molar-refractivity contribution >= 4 is 29.5 Å². The molecule has 0 saturated carbocycles. The lowest BCUT2D eigenvalue weighted by molar-refractivity contribution is -0.131. The summed E-state index contributed by atoms with van der Waals surface area (Å²) < 4.78 is 12.0. The van der Waals surface area contributed by atoms with Crippen molar-refractivity contribution in [2.45, 2.75) is 25.9 Å². The summed E-state index contributed by atoms with van der Waals surface area (Å²) in [6, 6.07) is 11.3. The molecule has 1 fully saturated rings. The SMILES string of the molecule is CCOc1ccccc1OC1CCCN(c2cncc(Nc3ccc(/C=C/C(=O)O)cn3)n2)C1. The van der Waals surface area contributed by atoms with Crippen LogP contribution in [-0.2, 0) is 4.79 Å². The summed E-state index contributed by atoms with van der Waals surface area (Å²) in [5.41, 5.74) is 0.693. The van der Waals surface area contributed by atoms with Crippen molar-refractivity contribution in [1.82, 2.24) is 15.0 Å². The van der Waals surface area contributed by atoms with Crippen LogP contribution < -0.4 is 19.7 Å². The largest absolute Gasteiger partial charge is 0.490 e. The molecule has 34 heavy (non-hydrogen) atoms. The van der Waals surface area contributed by atoms with Gasteiger partial charge in [0.1, 0.15) is 17.7 Å². The van der Waals surface area contributed by atoms with Gasteiger partial charge in [0.15, 0.2) is 17.3 Å². The summed E-state index contributed by atoms with van der Waals surface area (Å²) >= 11 is 0. The fraction of sp³-hybridized carbons (Fsp3) is 0.280. The number of ether oxygens (including phenoxy) is 2. The first-order chi connectivity index (χ1) is 16.6. The van der Waals surface area contributed by atoms with Crippen LogP contribution in [0.3, 0.4) is 0 Å². The molecular formula is C25H27N5O4. The summed E-state index contributed by atoms with van der Waals surface area (Å²) in [5.74, 6) is 2.43. The average Bonchev–Trinajstić information content (AvgIpc) is 2.85. The number of carboxylic acids is 1. The number of hydrogen-bond donors (Lipinski definition) is 2. The second-order valence-electron chi connectivity index (χ2n) is 7.74.